The van der Waals surface area contributed by atoms with Crippen molar-refractivity contribution in [3.63, 3.8) is 0 Å². The minimum absolute atomic E-state index is 0.00558. The third-order valence-electron chi connectivity index (χ3n) is 4.66. The summed E-state index contributed by atoms with van der Waals surface area (Å²) in [6, 6.07) is 6.61. The minimum atomic E-state index is -0.250. The summed E-state index contributed by atoms with van der Waals surface area (Å²) in [6.45, 7) is 4.63. The van der Waals surface area contributed by atoms with E-state index in [4.69, 9.17) is 0 Å². The number of hydrogen-bond acceptors (Lipinski definition) is 2. The molecule has 2 aliphatic rings. The van der Waals surface area contributed by atoms with Crippen LogP contribution in [0.25, 0.3) is 0 Å². The predicted molar refractivity (Wildman–Crippen MR) is 84.0 cm³/mol. The zero-order valence-electron chi connectivity index (χ0n) is 12.9. The Hall–Kier alpha value is -1.62. The van der Waals surface area contributed by atoms with Crippen LogP contribution in [0.15, 0.2) is 24.3 Å². The Morgan fingerprint density at radius 3 is 2.59 bits per heavy atom. The van der Waals surface area contributed by atoms with Crippen molar-refractivity contribution in [2.75, 3.05) is 26.2 Å². The van der Waals surface area contributed by atoms with Gasteiger partial charge in [-0.2, -0.15) is 0 Å². The van der Waals surface area contributed by atoms with Crippen LogP contribution in [0.5, 0.6) is 0 Å². The number of nitrogens with zero attached hydrogens (tertiary/aromatic N) is 2. The van der Waals surface area contributed by atoms with Crippen molar-refractivity contribution in [3.8, 4) is 0 Å². The molecule has 0 bridgehead atoms. The van der Waals surface area contributed by atoms with Gasteiger partial charge >= 0.3 is 6.03 Å². The van der Waals surface area contributed by atoms with E-state index in [2.05, 4.69) is 10.2 Å². The Morgan fingerprint density at radius 2 is 1.86 bits per heavy atom. The highest BCUT2D eigenvalue weighted by molar-refractivity contribution is 5.74. The van der Waals surface area contributed by atoms with Gasteiger partial charge in [0.15, 0.2) is 0 Å². The van der Waals surface area contributed by atoms with Gasteiger partial charge in [-0.25, -0.2) is 9.18 Å². The summed E-state index contributed by atoms with van der Waals surface area (Å²) in [5.41, 5.74) is 0.921. The van der Waals surface area contributed by atoms with E-state index in [1.54, 1.807) is 12.1 Å². The zero-order valence-corrected chi connectivity index (χ0v) is 12.9. The Kier molecular flexibility index (Phi) is 4.93. The molecular weight excluding hydrogens is 281 g/mol. The molecule has 0 radical (unpaired) electrons. The lowest BCUT2D eigenvalue weighted by Gasteiger charge is -2.28. The van der Waals surface area contributed by atoms with Gasteiger partial charge in [-0.1, -0.05) is 12.1 Å². The van der Waals surface area contributed by atoms with Crippen LogP contribution in [0.1, 0.15) is 31.2 Å². The van der Waals surface area contributed by atoms with Gasteiger partial charge in [-0.15, -0.1) is 0 Å². The molecule has 0 saturated carbocycles. The summed E-state index contributed by atoms with van der Waals surface area (Å²) in [5, 5.41) is 2.96. The molecule has 2 aliphatic heterocycles. The molecule has 120 valence electrons. The molecule has 0 aromatic heterocycles. The van der Waals surface area contributed by atoms with Gasteiger partial charge in [0.25, 0.3) is 0 Å². The Balaban J connectivity index is 1.50. The molecule has 2 saturated heterocycles. The number of amides is 2. The third kappa shape index (κ3) is 3.77. The topological polar surface area (TPSA) is 35.6 Å². The molecule has 1 aromatic rings. The second-order valence-corrected chi connectivity index (χ2v) is 6.28. The molecule has 0 spiro atoms. The van der Waals surface area contributed by atoms with Gasteiger partial charge in [-0.05, 0) is 56.5 Å². The van der Waals surface area contributed by atoms with Crippen LogP contribution in [-0.2, 0) is 6.54 Å². The van der Waals surface area contributed by atoms with E-state index in [0.29, 0.717) is 12.6 Å². The van der Waals surface area contributed by atoms with Gasteiger partial charge in [0.2, 0.25) is 0 Å². The van der Waals surface area contributed by atoms with Crippen molar-refractivity contribution in [2.24, 2.45) is 0 Å². The zero-order chi connectivity index (χ0) is 15.4. The number of carbonyl (C=O) groups excluding carboxylic acids is 1. The molecule has 22 heavy (non-hydrogen) atoms. The highest BCUT2D eigenvalue weighted by Gasteiger charge is 2.30. The summed E-state index contributed by atoms with van der Waals surface area (Å²) in [5.74, 6) is -0.250. The average molecular weight is 305 g/mol. The fourth-order valence-corrected chi connectivity index (χ4v) is 3.44. The largest absolute Gasteiger partial charge is 0.334 e. The molecule has 0 aliphatic carbocycles. The highest BCUT2D eigenvalue weighted by atomic mass is 19.1. The van der Waals surface area contributed by atoms with Crippen LogP contribution >= 0.6 is 0 Å². The molecule has 2 fully saturated rings. The molecule has 3 rings (SSSR count). The first kappa shape index (κ1) is 15.3. The molecule has 2 amide bonds. The molecule has 4 nitrogen and oxygen atoms in total. The fraction of sp³-hybridized carbons (Fsp3) is 0.588. The number of urea groups is 1. The summed E-state index contributed by atoms with van der Waals surface area (Å²) in [6.07, 6.45) is 4.75. The second-order valence-electron chi connectivity index (χ2n) is 6.28. The van der Waals surface area contributed by atoms with E-state index < -0.39 is 0 Å². The van der Waals surface area contributed by atoms with E-state index in [-0.39, 0.29) is 11.8 Å². The SMILES string of the molecule is O=C(NCc1ccc(F)cc1)N1CCCC1CN1CCCC1. The number of likely N-dealkylation sites (tertiary alicyclic amines) is 2. The lowest BCUT2D eigenvalue weighted by atomic mass is 10.2. The van der Waals surface area contributed by atoms with Crippen molar-refractivity contribution in [2.45, 2.75) is 38.3 Å². The summed E-state index contributed by atoms with van der Waals surface area (Å²) >= 11 is 0. The average Bonchev–Trinajstić information content (AvgIpc) is 3.19. The van der Waals surface area contributed by atoms with Crippen molar-refractivity contribution < 1.29 is 9.18 Å². The van der Waals surface area contributed by atoms with Crippen molar-refractivity contribution in [3.05, 3.63) is 35.6 Å². The fourth-order valence-electron chi connectivity index (χ4n) is 3.44. The van der Waals surface area contributed by atoms with E-state index >= 15 is 0 Å². The monoisotopic (exact) mass is 305 g/mol. The lowest BCUT2D eigenvalue weighted by Crippen LogP contribution is -2.46. The number of benzene rings is 1. The van der Waals surface area contributed by atoms with Crippen LogP contribution in [0, 0.1) is 5.82 Å². The van der Waals surface area contributed by atoms with Crippen LogP contribution in [0.2, 0.25) is 0 Å². The van der Waals surface area contributed by atoms with E-state index in [9.17, 15) is 9.18 Å². The Morgan fingerprint density at radius 1 is 1.14 bits per heavy atom. The number of hydrogen-bond donors (Lipinski definition) is 1. The quantitative estimate of drug-likeness (QED) is 0.928. The molecule has 1 atom stereocenters. The first-order chi connectivity index (χ1) is 10.7. The first-order valence-electron chi connectivity index (χ1n) is 8.23. The van der Waals surface area contributed by atoms with Gasteiger partial charge in [0, 0.05) is 25.7 Å². The predicted octanol–water partition coefficient (Wildman–Crippen LogP) is 2.60. The standard InChI is InChI=1S/C17H24FN3O/c18-15-7-5-14(6-8-15)12-19-17(22)21-11-3-4-16(21)13-20-9-1-2-10-20/h5-8,16H,1-4,9-13H2,(H,19,22). The molecule has 1 N–H and O–H groups in total. The summed E-state index contributed by atoms with van der Waals surface area (Å²) < 4.78 is 12.9. The summed E-state index contributed by atoms with van der Waals surface area (Å²) in [7, 11) is 0. The first-order valence-corrected chi connectivity index (χ1v) is 8.23. The lowest BCUT2D eigenvalue weighted by molar-refractivity contribution is 0.174. The molecular formula is C17H24FN3O. The van der Waals surface area contributed by atoms with Crippen LogP contribution in [0.3, 0.4) is 0 Å². The maximum absolute atomic E-state index is 12.9. The van der Waals surface area contributed by atoms with Crippen molar-refractivity contribution in [1.29, 1.82) is 0 Å². The third-order valence-corrected chi connectivity index (χ3v) is 4.66. The molecule has 2 heterocycles. The van der Waals surface area contributed by atoms with Crippen molar-refractivity contribution in [1.82, 2.24) is 15.1 Å². The minimum Gasteiger partial charge on any atom is -0.334 e. The smallest absolute Gasteiger partial charge is 0.317 e. The van der Waals surface area contributed by atoms with Crippen LogP contribution in [-0.4, -0.2) is 48.1 Å². The second kappa shape index (κ2) is 7.09. The van der Waals surface area contributed by atoms with Gasteiger partial charge < -0.3 is 15.1 Å². The number of rotatable bonds is 4. The van der Waals surface area contributed by atoms with E-state index in [0.717, 1.165) is 31.5 Å². The molecule has 1 aromatic carbocycles. The van der Waals surface area contributed by atoms with E-state index in [1.165, 1.54) is 38.1 Å². The van der Waals surface area contributed by atoms with Crippen LogP contribution < -0.4 is 5.32 Å². The highest BCUT2D eigenvalue weighted by Crippen LogP contribution is 2.20. The van der Waals surface area contributed by atoms with Gasteiger partial charge in [-0.3, -0.25) is 0 Å². The van der Waals surface area contributed by atoms with Crippen molar-refractivity contribution >= 4 is 6.03 Å². The van der Waals surface area contributed by atoms with E-state index in [1.807, 2.05) is 4.90 Å². The number of nitrogens with one attached hydrogen (secondary N) is 1. The molecule has 5 heteroatoms. The van der Waals surface area contributed by atoms with Crippen LogP contribution in [0.4, 0.5) is 9.18 Å². The van der Waals surface area contributed by atoms with Gasteiger partial charge in [0.1, 0.15) is 5.82 Å². The normalized spacial score (nSPS) is 22.2. The maximum Gasteiger partial charge on any atom is 0.317 e. The maximum atomic E-state index is 12.9. The Labute approximate surface area is 131 Å². The Bertz CT molecular complexity index is 499. The summed E-state index contributed by atoms with van der Waals surface area (Å²) in [4.78, 5) is 16.8. The van der Waals surface area contributed by atoms with Gasteiger partial charge in [0.05, 0.1) is 0 Å². The molecule has 1 unspecified atom stereocenters. The number of carbonyl (C=O) groups is 1. The number of halogens is 1.